The number of fused-ring (bicyclic) bond motifs is 2. The lowest BCUT2D eigenvalue weighted by molar-refractivity contribution is 0.0455. The van der Waals surface area contributed by atoms with Crippen LogP contribution in [0.5, 0.6) is 0 Å². The van der Waals surface area contributed by atoms with Crippen LogP contribution in [0.2, 0.25) is 18.1 Å². The van der Waals surface area contributed by atoms with Gasteiger partial charge in [0.25, 0.3) is 0 Å². The molecule has 0 saturated heterocycles. The van der Waals surface area contributed by atoms with Gasteiger partial charge in [-0.05, 0) is 88.1 Å². The number of anilines is 1. The molecule has 40 heavy (non-hydrogen) atoms. The normalized spacial score (nSPS) is 16.6. The zero-order valence-corrected chi connectivity index (χ0v) is 27.8. The van der Waals surface area contributed by atoms with Gasteiger partial charge in [-0.3, -0.25) is 0 Å². The average Bonchev–Trinajstić information content (AvgIpc) is 3.11. The van der Waals surface area contributed by atoms with Gasteiger partial charge in [0.15, 0.2) is 14.0 Å². The van der Waals surface area contributed by atoms with Crippen molar-refractivity contribution in [2.75, 3.05) is 25.1 Å². The summed E-state index contributed by atoms with van der Waals surface area (Å²) in [4.78, 5) is 32.1. The monoisotopic (exact) mass is 573 g/mol. The first-order valence-electron chi connectivity index (χ1n) is 14.6. The third-order valence-electron chi connectivity index (χ3n) is 8.25. The van der Waals surface area contributed by atoms with E-state index in [-0.39, 0.29) is 22.8 Å². The summed E-state index contributed by atoms with van der Waals surface area (Å²) in [5.74, 6) is -0.0940. The predicted molar refractivity (Wildman–Crippen MR) is 164 cm³/mol. The molecule has 1 aliphatic carbocycles. The van der Waals surface area contributed by atoms with Crippen molar-refractivity contribution in [3.05, 3.63) is 23.0 Å². The molecule has 0 radical (unpaired) electrons. The Hall–Kier alpha value is -2.39. The second kappa shape index (κ2) is 11.5. The van der Waals surface area contributed by atoms with Crippen molar-refractivity contribution < 1.29 is 23.5 Å². The van der Waals surface area contributed by atoms with Crippen LogP contribution >= 0.6 is 0 Å². The first kappa shape index (κ1) is 32.1. The highest BCUT2D eigenvalue weighted by Gasteiger charge is 2.37. The summed E-state index contributed by atoms with van der Waals surface area (Å²) in [6, 6.07) is 2.03. The lowest BCUT2D eigenvalue weighted by atomic mass is 9.71. The Morgan fingerprint density at radius 2 is 1.75 bits per heavy atom. The first-order chi connectivity index (χ1) is 18.3. The molecule has 224 valence electrons. The molecular formula is C31H51N3O5Si. The summed E-state index contributed by atoms with van der Waals surface area (Å²) < 4.78 is 19.0. The predicted octanol–water partition coefficient (Wildman–Crippen LogP) is 7.58. The molecule has 0 spiro atoms. The van der Waals surface area contributed by atoms with Crippen molar-refractivity contribution in [1.29, 1.82) is 0 Å². The largest absolute Gasteiger partial charge is 0.461 e. The van der Waals surface area contributed by atoms with Gasteiger partial charge < -0.3 is 19.2 Å². The number of hydrogen-bond acceptors (Lipinski definition) is 7. The maximum atomic E-state index is 13.6. The fraction of sp³-hybridized carbons (Fsp3) is 0.710. The van der Waals surface area contributed by atoms with Crippen molar-refractivity contribution in [1.82, 2.24) is 9.55 Å². The van der Waals surface area contributed by atoms with Crippen LogP contribution in [0, 0.1) is 11.3 Å². The van der Waals surface area contributed by atoms with Gasteiger partial charge in [0.2, 0.25) is 0 Å². The van der Waals surface area contributed by atoms with E-state index in [0.717, 1.165) is 30.5 Å². The zero-order valence-electron chi connectivity index (χ0n) is 26.8. The second-order valence-electron chi connectivity index (χ2n) is 14.6. The van der Waals surface area contributed by atoms with Gasteiger partial charge in [-0.1, -0.05) is 41.5 Å². The minimum absolute atomic E-state index is 0.0847. The Morgan fingerprint density at radius 3 is 2.30 bits per heavy atom. The Bertz CT molecular complexity index is 1250. The van der Waals surface area contributed by atoms with Crippen LogP contribution in [0.3, 0.4) is 0 Å². The number of aryl methyl sites for hydroxylation is 1. The van der Waals surface area contributed by atoms with Crippen LogP contribution in [-0.4, -0.2) is 55.3 Å². The van der Waals surface area contributed by atoms with Crippen LogP contribution in [0.4, 0.5) is 10.5 Å². The third-order valence-corrected chi connectivity index (χ3v) is 12.8. The topological polar surface area (TPSA) is 91.7 Å². The number of carbonyl (C=O) groups excluding carboxylic acids is 2. The van der Waals surface area contributed by atoms with Crippen LogP contribution < -0.4 is 5.32 Å². The average molecular weight is 574 g/mol. The second-order valence-corrected chi connectivity index (χ2v) is 19.4. The Balaban J connectivity index is 2.14. The molecule has 0 amide bonds. The number of aromatic nitrogens is 2. The third kappa shape index (κ3) is 7.08. The van der Waals surface area contributed by atoms with E-state index >= 15 is 0 Å². The van der Waals surface area contributed by atoms with E-state index in [0.29, 0.717) is 35.8 Å². The zero-order chi connectivity index (χ0) is 30.3. The summed E-state index contributed by atoms with van der Waals surface area (Å²) in [7, 11) is -1.95. The Kier molecular flexibility index (Phi) is 9.21. The lowest BCUT2D eigenvalue weighted by Gasteiger charge is -2.36. The minimum Gasteiger partial charge on any atom is -0.461 e. The van der Waals surface area contributed by atoms with Crippen molar-refractivity contribution >= 4 is 37.1 Å². The number of rotatable bonds is 7. The van der Waals surface area contributed by atoms with Gasteiger partial charge in [-0.15, -0.1) is 0 Å². The molecule has 1 unspecified atom stereocenters. The molecule has 8 nitrogen and oxygen atoms in total. The molecule has 1 aliphatic rings. The van der Waals surface area contributed by atoms with Crippen LogP contribution in [0.15, 0.2) is 6.07 Å². The van der Waals surface area contributed by atoms with Gasteiger partial charge in [-0.2, -0.15) is 0 Å². The van der Waals surface area contributed by atoms with E-state index < -0.39 is 26.0 Å². The van der Waals surface area contributed by atoms with E-state index in [1.807, 2.05) is 26.8 Å². The van der Waals surface area contributed by atoms with Crippen molar-refractivity contribution in [3.8, 4) is 0 Å². The highest BCUT2D eigenvalue weighted by molar-refractivity contribution is 6.74. The summed E-state index contributed by atoms with van der Waals surface area (Å²) in [6.07, 6.45) is 2.15. The van der Waals surface area contributed by atoms with E-state index in [1.165, 1.54) is 4.57 Å². The quantitative estimate of drug-likeness (QED) is 0.207. The number of nitrogens with zero attached hydrogens (tertiary/aromatic N) is 2. The van der Waals surface area contributed by atoms with Crippen molar-refractivity contribution in [2.45, 2.75) is 112 Å². The molecule has 2 aromatic rings. The molecule has 9 heteroatoms. The van der Waals surface area contributed by atoms with Crippen molar-refractivity contribution in [2.24, 2.45) is 11.3 Å². The van der Waals surface area contributed by atoms with E-state index in [9.17, 15) is 9.59 Å². The van der Waals surface area contributed by atoms with Gasteiger partial charge in [0, 0.05) is 12.2 Å². The van der Waals surface area contributed by atoms with E-state index in [4.69, 9.17) is 18.9 Å². The maximum Gasteiger partial charge on any atom is 0.419 e. The first-order valence-corrected chi connectivity index (χ1v) is 17.5. The molecule has 0 aromatic carbocycles. The summed E-state index contributed by atoms with van der Waals surface area (Å²) in [6.45, 7) is 26.1. The number of hydrogen-bond donors (Lipinski definition) is 1. The van der Waals surface area contributed by atoms with Crippen LogP contribution in [-0.2, 0) is 26.7 Å². The van der Waals surface area contributed by atoms with E-state index in [2.05, 4.69) is 60.0 Å². The number of ether oxygens (including phenoxy) is 2. The lowest BCUT2D eigenvalue weighted by Crippen LogP contribution is -2.41. The Morgan fingerprint density at radius 1 is 1.10 bits per heavy atom. The molecule has 2 aromatic heterocycles. The molecule has 3 rings (SSSR count). The summed E-state index contributed by atoms with van der Waals surface area (Å²) >= 11 is 0. The summed E-state index contributed by atoms with van der Waals surface area (Å²) in [5.41, 5.74) is 3.28. The maximum absolute atomic E-state index is 13.6. The molecule has 0 aliphatic heterocycles. The molecular weight excluding hydrogens is 522 g/mol. The van der Waals surface area contributed by atoms with Gasteiger partial charge in [0.05, 0.1) is 24.4 Å². The highest BCUT2D eigenvalue weighted by Crippen LogP contribution is 2.40. The van der Waals surface area contributed by atoms with Gasteiger partial charge >= 0.3 is 12.1 Å². The fourth-order valence-corrected chi connectivity index (χ4v) is 5.89. The van der Waals surface area contributed by atoms with Crippen molar-refractivity contribution in [3.63, 3.8) is 0 Å². The molecule has 0 bridgehead atoms. The SMILES string of the molecule is CCOC(=O)c1c(NCCO[Si](C)(C)C(C)(C)C)c2nc3c(cc2n1C(=O)OC(C)(C)C)CC(C(C)(C)C)CC3. The number of pyridine rings is 1. The molecule has 1 N–H and O–H groups in total. The Labute approximate surface area is 241 Å². The van der Waals surface area contributed by atoms with Crippen LogP contribution in [0.1, 0.15) is 97.4 Å². The number of esters is 1. The molecule has 0 saturated carbocycles. The fourth-order valence-electron chi connectivity index (χ4n) is 4.85. The highest BCUT2D eigenvalue weighted by atomic mass is 28.4. The van der Waals surface area contributed by atoms with E-state index in [1.54, 1.807) is 6.92 Å². The molecule has 2 heterocycles. The summed E-state index contributed by atoms with van der Waals surface area (Å²) in [5, 5.41) is 3.49. The molecule has 0 fully saturated rings. The number of carbonyl (C=O) groups is 2. The van der Waals surface area contributed by atoms with Gasteiger partial charge in [-0.25, -0.2) is 19.1 Å². The van der Waals surface area contributed by atoms with Gasteiger partial charge in [0.1, 0.15) is 11.1 Å². The number of nitrogens with one attached hydrogen (secondary N) is 1. The molecule has 1 atom stereocenters. The minimum atomic E-state index is -1.95. The smallest absolute Gasteiger partial charge is 0.419 e. The standard InChI is InChI=1S/C31H51N3O5Si/c1-13-37-27(35)26-25(32-16-17-38-40(11,12)31(8,9)10)24-23(34(26)28(36)39-30(5,6)7)19-20-18-21(29(2,3)4)14-15-22(20)33-24/h19,21,32H,13-18H2,1-12H3. The van der Waals surface area contributed by atoms with Crippen LogP contribution in [0.25, 0.3) is 11.0 Å².